The number of aryl methyl sites for hydroxylation is 2. The first-order valence-corrected chi connectivity index (χ1v) is 11.4. The Morgan fingerprint density at radius 1 is 0.970 bits per heavy atom. The van der Waals surface area contributed by atoms with Crippen LogP contribution in [0.1, 0.15) is 34.8 Å². The minimum atomic E-state index is -0.539. The molecule has 3 aromatic carbocycles. The van der Waals surface area contributed by atoms with Crippen LogP contribution in [0.25, 0.3) is 0 Å². The molecule has 0 fully saturated rings. The first kappa shape index (κ1) is 24.0. The molecule has 0 aromatic heterocycles. The zero-order chi connectivity index (χ0) is 24.0. The number of nitro groups is 1. The molecule has 3 aromatic rings. The van der Waals surface area contributed by atoms with Crippen LogP contribution in [0.5, 0.6) is 0 Å². The fraction of sp³-hybridized carbons (Fsp3) is 0.200. The van der Waals surface area contributed by atoms with E-state index in [0.717, 1.165) is 21.7 Å². The van der Waals surface area contributed by atoms with Gasteiger partial charge in [-0.1, -0.05) is 37.3 Å². The third kappa shape index (κ3) is 6.20. The maximum Gasteiger partial charge on any atom is 0.270 e. The van der Waals surface area contributed by atoms with E-state index in [9.17, 15) is 19.7 Å². The Morgan fingerprint density at radius 2 is 1.64 bits per heavy atom. The van der Waals surface area contributed by atoms with Crippen LogP contribution in [0.15, 0.2) is 71.6 Å². The van der Waals surface area contributed by atoms with Gasteiger partial charge in [0.1, 0.15) is 0 Å². The van der Waals surface area contributed by atoms with Crippen LogP contribution >= 0.6 is 11.8 Å². The van der Waals surface area contributed by atoms with Crippen LogP contribution in [0, 0.1) is 24.0 Å². The number of non-ortho nitro benzene ring substituents is 1. The second-order valence-corrected chi connectivity index (χ2v) is 8.84. The van der Waals surface area contributed by atoms with Gasteiger partial charge in [-0.25, -0.2) is 0 Å². The zero-order valence-corrected chi connectivity index (χ0v) is 19.4. The lowest BCUT2D eigenvalue weighted by atomic mass is 10.1. The van der Waals surface area contributed by atoms with Crippen molar-refractivity contribution >= 4 is 40.6 Å². The van der Waals surface area contributed by atoms with Gasteiger partial charge in [-0.15, -0.1) is 11.8 Å². The van der Waals surface area contributed by atoms with Gasteiger partial charge in [0.2, 0.25) is 5.91 Å². The number of hydrogen-bond acceptors (Lipinski definition) is 5. The number of hydrogen-bond donors (Lipinski definition) is 2. The molecule has 3 rings (SSSR count). The van der Waals surface area contributed by atoms with E-state index in [-0.39, 0.29) is 22.4 Å². The van der Waals surface area contributed by atoms with Gasteiger partial charge < -0.3 is 10.6 Å². The predicted molar refractivity (Wildman–Crippen MR) is 132 cm³/mol. The average Bonchev–Trinajstić information content (AvgIpc) is 2.80. The third-order valence-corrected chi connectivity index (χ3v) is 6.44. The Morgan fingerprint density at radius 3 is 2.30 bits per heavy atom. The van der Waals surface area contributed by atoms with Crippen molar-refractivity contribution in [2.24, 2.45) is 0 Å². The molecule has 0 aliphatic carbocycles. The molecule has 0 aliphatic rings. The third-order valence-electron chi connectivity index (χ3n) is 5.08. The largest absolute Gasteiger partial charge is 0.325 e. The second kappa shape index (κ2) is 10.8. The van der Waals surface area contributed by atoms with E-state index in [1.54, 1.807) is 18.2 Å². The van der Waals surface area contributed by atoms with Crippen molar-refractivity contribution in [1.82, 2.24) is 0 Å². The van der Waals surface area contributed by atoms with E-state index in [1.165, 1.54) is 36.0 Å². The Balaban J connectivity index is 1.70. The van der Waals surface area contributed by atoms with Crippen molar-refractivity contribution in [1.29, 1.82) is 0 Å². The summed E-state index contributed by atoms with van der Waals surface area (Å²) in [6.45, 7) is 5.88. The highest BCUT2D eigenvalue weighted by atomic mass is 32.2. The van der Waals surface area contributed by atoms with Gasteiger partial charge in [0, 0.05) is 34.0 Å². The molecule has 8 heteroatoms. The normalized spacial score (nSPS) is 11.5. The SMILES string of the molecule is CCC(Sc1cccc(NC(=O)c2cccc([N+](=O)[O-])c2)c1)C(=O)Nc1c(C)cccc1C. The lowest BCUT2D eigenvalue weighted by molar-refractivity contribution is -0.384. The number of para-hydroxylation sites is 1. The van der Waals surface area contributed by atoms with Crippen LogP contribution in [0.4, 0.5) is 17.1 Å². The van der Waals surface area contributed by atoms with Gasteiger partial charge in [-0.05, 0) is 55.7 Å². The van der Waals surface area contributed by atoms with Gasteiger partial charge in [-0.3, -0.25) is 19.7 Å². The molecule has 0 aliphatic heterocycles. The number of carbonyl (C=O) groups is 2. The average molecular weight is 464 g/mol. The molecule has 0 spiro atoms. The summed E-state index contributed by atoms with van der Waals surface area (Å²) in [5.74, 6) is -0.522. The van der Waals surface area contributed by atoms with E-state index < -0.39 is 10.8 Å². The minimum Gasteiger partial charge on any atom is -0.325 e. The number of rotatable bonds is 8. The Bertz CT molecular complexity index is 1180. The maximum absolute atomic E-state index is 12.9. The lowest BCUT2D eigenvalue weighted by Crippen LogP contribution is -2.25. The summed E-state index contributed by atoms with van der Waals surface area (Å²) in [7, 11) is 0. The summed E-state index contributed by atoms with van der Waals surface area (Å²) in [6.07, 6.45) is 0.631. The van der Waals surface area contributed by atoms with E-state index in [4.69, 9.17) is 0 Å². The number of benzene rings is 3. The van der Waals surface area contributed by atoms with Crippen LogP contribution in [-0.4, -0.2) is 22.0 Å². The van der Waals surface area contributed by atoms with E-state index in [2.05, 4.69) is 10.6 Å². The van der Waals surface area contributed by atoms with E-state index in [0.29, 0.717) is 12.1 Å². The molecular weight excluding hydrogens is 438 g/mol. The number of nitrogens with one attached hydrogen (secondary N) is 2. The van der Waals surface area contributed by atoms with Gasteiger partial charge >= 0.3 is 0 Å². The molecule has 0 heterocycles. The molecule has 2 amide bonds. The molecule has 0 saturated carbocycles. The molecule has 1 atom stereocenters. The predicted octanol–water partition coefficient (Wildman–Crippen LogP) is 5.97. The van der Waals surface area contributed by atoms with E-state index >= 15 is 0 Å². The summed E-state index contributed by atoms with van der Waals surface area (Å²) in [5.41, 5.74) is 3.44. The molecule has 0 bridgehead atoms. The van der Waals surface area contributed by atoms with Crippen LogP contribution in [-0.2, 0) is 4.79 Å². The summed E-state index contributed by atoms with van der Waals surface area (Å²) < 4.78 is 0. The van der Waals surface area contributed by atoms with Crippen LogP contribution in [0.3, 0.4) is 0 Å². The maximum atomic E-state index is 12.9. The first-order chi connectivity index (χ1) is 15.8. The fourth-order valence-corrected chi connectivity index (χ4v) is 4.33. The number of anilines is 2. The number of amides is 2. The van der Waals surface area contributed by atoms with Gasteiger partial charge in [-0.2, -0.15) is 0 Å². The highest BCUT2D eigenvalue weighted by Gasteiger charge is 2.20. The molecule has 2 N–H and O–H groups in total. The molecule has 33 heavy (non-hydrogen) atoms. The van der Waals surface area contributed by atoms with Crippen molar-refractivity contribution < 1.29 is 14.5 Å². The summed E-state index contributed by atoms with van der Waals surface area (Å²) >= 11 is 1.42. The number of nitrogens with zero attached hydrogens (tertiary/aromatic N) is 1. The Labute approximate surface area is 196 Å². The topological polar surface area (TPSA) is 101 Å². The highest BCUT2D eigenvalue weighted by Crippen LogP contribution is 2.30. The molecule has 0 radical (unpaired) electrons. The molecule has 1 unspecified atom stereocenters. The smallest absolute Gasteiger partial charge is 0.270 e. The van der Waals surface area contributed by atoms with E-state index in [1.807, 2.05) is 45.0 Å². The van der Waals surface area contributed by atoms with Crippen molar-refractivity contribution in [2.75, 3.05) is 10.6 Å². The monoisotopic (exact) mass is 463 g/mol. The second-order valence-electron chi connectivity index (χ2n) is 7.56. The van der Waals surface area contributed by atoms with Gasteiger partial charge in [0.05, 0.1) is 10.2 Å². The van der Waals surface area contributed by atoms with Crippen LogP contribution in [0.2, 0.25) is 0 Å². The van der Waals surface area contributed by atoms with Gasteiger partial charge in [0.25, 0.3) is 11.6 Å². The van der Waals surface area contributed by atoms with Crippen molar-refractivity contribution in [2.45, 2.75) is 37.3 Å². The fourth-order valence-electron chi connectivity index (χ4n) is 3.31. The Hall–Kier alpha value is -3.65. The van der Waals surface area contributed by atoms with Crippen molar-refractivity contribution in [3.63, 3.8) is 0 Å². The summed E-state index contributed by atoms with van der Waals surface area (Å²) in [5, 5.41) is 16.5. The van der Waals surface area contributed by atoms with Gasteiger partial charge in [0.15, 0.2) is 0 Å². The summed E-state index contributed by atoms with van der Waals surface area (Å²) in [4.78, 5) is 36.7. The zero-order valence-electron chi connectivity index (χ0n) is 18.6. The summed E-state index contributed by atoms with van der Waals surface area (Å²) in [6, 6.07) is 18.6. The number of nitro benzene ring substituents is 1. The molecule has 170 valence electrons. The standard InChI is InChI=1S/C25H25N3O4S/c1-4-22(25(30)27-23-16(2)8-5-9-17(23)3)33-21-13-7-11-19(15-21)26-24(29)18-10-6-12-20(14-18)28(31)32/h5-15,22H,4H2,1-3H3,(H,26,29)(H,27,30). The molecular formula is C25H25N3O4S. The van der Waals surface area contributed by atoms with Crippen molar-refractivity contribution in [3.05, 3.63) is 93.5 Å². The van der Waals surface area contributed by atoms with Crippen molar-refractivity contribution in [3.8, 4) is 0 Å². The number of carbonyl (C=O) groups excluding carboxylic acids is 2. The molecule has 7 nitrogen and oxygen atoms in total. The molecule has 0 saturated heterocycles. The lowest BCUT2D eigenvalue weighted by Gasteiger charge is -2.17. The highest BCUT2D eigenvalue weighted by molar-refractivity contribution is 8.00. The Kier molecular flexibility index (Phi) is 7.84. The minimum absolute atomic E-state index is 0.0778. The number of thioether (sulfide) groups is 1. The quantitative estimate of drug-likeness (QED) is 0.243. The van der Waals surface area contributed by atoms with Crippen LogP contribution < -0.4 is 10.6 Å². The first-order valence-electron chi connectivity index (χ1n) is 10.5.